The topological polar surface area (TPSA) is 52.0 Å². The lowest BCUT2D eigenvalue weighted by atomic mass is 9.94. The largest absolute Gasteiger partial charge is 0.398 e. The molecule has 4 N–H and O–H groups in total. The zero-order valence-corrected chi connectivity index (χ0v) is 15.6. The van der Waals surface area contributed by atoms with Crippen LogP contribution in [0.1, 0.15) is 61.1 Å². The molecule has 2 rings (SSSR count). The molecule has 0 radical (unpaired) electrons. The highest BCUT2D eigenvalue weighted by Crippen LogP contribution is 2.25. The first kappa shape index (κ1) is 19.1. The molecule has 0 aliphatic heterocycles. The zero-order chi connectivity index (χ0) is 17.6. The molecule has 0 atom stereocenters. The van der Waals surface area contributed by atoms with Crippen LogP contribution < -0.4 is 11.5 Å². The van der Waals surface area contributed by atoms with Crippen molar-refractivity contribution >= 4 is 11.4 Å². The summed E-state index contributed by atoms with van der Waals surface area (Å²) in [5.74, 6) is 0. The highest BCUT2D eigenvalue weighted by Gasteiger charge is 2.08. The molecule has 0 aromatic heterocycles. The normalized spacial score (nSPS) is 10.2. The molecule has 0 amide bonds. The predicted molar refractivity (Wildman–Crippen MR) is 104 cm³/mol. The molecular weight excluding hydrogens is 280 g/mol. The minimum absolute atomic E-state index is 0.933. The van der Waals surface area contributed by atoms with E-state index in [-0.39, 0.29) is 0 Å². The summed E-state index contributed by atoms with van der Waals surface area (Å²) in [7, 11) is 0. The molecular formula is C21H32N2. The van der Waals surface area contributed by atoms with Crippen LogP contribution >= 0.6 is 0 Å². The van der Waals surface area contributed by atoms with Gasteiger partial charge in [0.1, 0.15) is 0 Å². The third-order valence-electron chi connectivity index (χ3n) is 4.23. The summed E-state index contributed by atoms with van der Waals surface area (Å²) in [6.45, 7) is 12.5. The summed E-state index contributed by atoms with van der Waals surface area (Å²) in [5.41, 5.74) is 21.6. The Hall–Kier alpha value is -1.96. The first-order valence-electron chi connectivity index (χ1n) is 8.72. The van der Waals surface area contributed by atoms with Gasteiger partial charge in [0.25, 0.3) is 0 Å². The van der Waals surface area contributed by atoms with Crippen molar-refractivity contribution in [2.24, 2.45) is 0 Å². The molecule has 0 fully saturated rings. The standard InChI is InChI=1S/C19H26N2.C2H6/c1-5-16-10-14(7-12(3)18(16)20)9-15-8-13(4)19(21)17(6-2)11-15;1-2/h7-8,10-11H,5-6,9,20-21H2,1-4H3;1-2H3. The Balaban J connectivity index is 0.00000127. The van der Waals surface area contributed by atoms with E-state index in [0.29, 0.717) is 0 Å². The maximum absolute atomic E-state index is 6.13. The van der Waals surface area contributed by atoms with Crippen LogP contribution in [-0.4, -0.2) is 0 Å². The second kappa shape index (κ2) is 8.61. The minimum atomic E-state index is 0.933. The molecule has 0 saturated carbocycles. The summed E-state index contributed by atoms with van der Waals surface area (Å²) in [6.07, 6.45) is 2.88. The fourth-order valence-electron chi connectivity index (χ4n) is 2.93. The van der Waals surface area contributed by atoms with Gasteiger partial charge in [-0.2, -0.15) is 0 Å². The van der Waals surface area contributed by atoms with Crippen molar-refractivity contribution in [3.05, 3.63) is 57.6 Å². The average Bonchev–Trinajstić information content (AvgIpc) is 2.55. The lowest BCUT2D eigenvalue weighted by molar-refractivity contribution is 1.08. The van der Waals surface area contributed by atoms with Crippen LogP contribution in [-0.2, 0) is 19.3 Å². The average molecular weight is 313 g/mol. The molecule has 0 unspecified atom stereocenters. The highest BCUT2D eigenvalue weighted by atomic mass is 14.6. The van der Waals surface area contributed by atoms with Crippen molar-refractivity contribution in [2.45, 2.75) is 60.8 Å². The number of aryl methyl sites for hydroxylation is 4. The van der Waals surface area contributed by atoms with E-state index < -0.39 is 0 Å². The maximum atomic E-state index is 6.13. The molecule has 2 aromatic carbocycles. The van der Waals surface area contributed by atoms with Crippen LogP contribution in [0.2, 0.25) is 0 Å². The van der Waals surface area contributed by atoms with Crippen LogP contribution in [0.15, 0.2) is 24.3 Å². The Morgan fingerprint density at radius 2 is 1.04 bits per heavy atom. The Morgan fingerprint density at radius 1 is 0.696 bits per heavy atom. The fourth-order valence-corrected chi connectivity index (χ4v) is 2.93. The summed E-state index contributed by atoms with van der Waals surface area (Å²) in [5, 5.41) is 0. The van der Waals surface area contributed by atoms with Crippen molar-refractivity contribution in [2.75, 3.05) is 11.5 Å². The Morgan fingerprint density at radius 3 is 1.35 bits per heavy atom. The number of nitrogen functional groups attached to an aromatic ring is 2. The number of benzene rings is 2. The molecule has 0 bridgehead atoms. The van der Waals surface area contributed by atoms with Crippen molar-refractivity contribution in [1.82, 2.24) is 0 Å². The highest BCUT2D eigenvalue weighted by molar-refractivity contribution is 5.58. The van der Waals surface area contributed by atoms with Crippen LogP contribution in [0.4, 0.5) is 11.4 Å². The van der Waals surface area contributed by atoms with Gasteiger partial charge < -0.3 is 11.5 Å². The number of rotatable bonds is 4. The van der Waals surface area contributed by atoms with Crippen LogP contribution in [0.25, 0.3) is 0 Å². The van der Waals surface area contributed by atoms with Gasteiger partial charge in [0, 0.05) is 11.4 Å². The number of hydrogen-bond donors (Lipinski definition) is 2. The van der Waals surface area contributed by atoms with Crippen LogP contribution in [0, 0.1) is 13.8 Å². The lowest BCUT2D eigenvalue weighted by Crippen LogP contribution is -2.02. The summed E-state index contributed by atoms with van der Waals surface area (Å²) in [6, 6.07) is 8.87. The quantitative estimate of drug-likeness (QED) is 0.761. The number of anilines is 2. The SMILES string of the molecule is CC.CCc1cc(Cc2cc(C)c(N)c(CC)c2)cc(C)c1N. The Bertz CT molecular complexity index is 600. The number of hydrogen-bond acceptors (Lipinski definition) is 2. The van der Waals surface area contributed by atoms with Crippen LogP contribution in [0.3, 0.4) is 0 Å². The van der Waals surface area contributed by atoms with Gasteiger partial charge in [-0.3, -0.25) is 0 Å². The summed E-state index contributed by atoms with van der Waals surface area (Å²) < 4.78 is 0. The minimum Gasteiger partial charge on any atom is -0.398 e. The summed E-state index contributed by atoms with van der Waals surface area (Å²) in [4.78, 5) is 0. The monoisotopic (exact) mass is 312 g/mol. The van der Waals surface area contributed by atoms with Gasteiger partial charge >= 0.3 is 0 Å². The van der Waals surface area contributed by atoms with E-state index in [1.807, 2.05) is 13.8 Å². The van der Waals surface area contributed by atoms with Gasteiger partial charge in [-0.15, -0.1) is 0 Å². The van der Waals surface area contributed by atoms with Gasteiger partial charge in [0.2, 0.25) is 0 Å². The first-order valence-corrected chi connectivity index (χ1v) is 8.72. The van der Waals surface area contributed by atoms with E-state index in [1.165, 1.54) is 33.4 Å². The van der Waals surface area contributed by atoms with E-state index in [9.17, 15) is 0 Å². The van der Waals surface area contributed by atoms with Gasteiger partial charge in [0.15, 0.2) is 0 Å². The van der Waals surface area contributed by atoms with Gasteiger partial charge in [0.05, 0.1) is 0 Å². The van der Waals surface area contributed by atoms with Crippen molar-refractivity contribution in [3.8, 4) is 0 Å². The molecule has 0 aliphatic carbocycles. The molecule has 2 heteroatoms. The van der Waals surface area contributed by atoms with Crippen molar-refractivity contribution in [1.29, 1.82) is 0 Å². The van der Waals surface area contributed by atoms with Gasteiger partial charge in [-0.1, -0.05) is 52.0 Å². The molecule has 126 valence electrons. The number of nitrogens with two attached hydrogens (primary N) is 2. The van der Waals surface area contributed by atoms with Gasteiger partial charge in [-0.05, 0) is 66.5 Å². The first-order chi connectivity index (χ1) is 11.0. The molecule has 0 aliphatic rings. The van der Waals surface area contributed by atoms with E-state index in [4.69, 9.17) is 11.5 Å². The smallest absolute Gasteiger partial charge is 0.0376 e. The van der Waals surface area contributed by atoms with Crippen molar-refractivity contribution < 1.29 is 0 Å². The van der Waals surface area contributed by atoms with E-state index >= 15 is 0 Å². The molecule has 0 saturated heterocycles. The predicted octanol–water partition coefficient (Wildman–Crippen LogP) is 5.21. The lowest BCUT2D eigenvalue weighted by Gasteiger charge is -2.13. The molecule has 23 heavy (non-hydrogen) atoms. The van der Waals surface area contributed by atoms with Crippen molar-refractivity contribution in [3.63, 3.8) is 0 Å². The second-order valence-corrected chi connectivity index (χ2v) is 5.85. The Labute approximate surface area is 141 Å². The Kier molecular flexibility index (Phi) is 7.15. The molecule has 0 heterocycles. The van der Waals surface area contributed by atoms with Crippen LogP contribution in [0.5, 0.6) is 0 Å². The van der Waals surface area contributed by atoms with E-state index in [0.717, 1.165) is 30.6 Å². The second-order valence-electron chi connectivity index (χ2n) is 5.85. The third-order valence-corrected chi connectivity index (χ3v) is 4.23. The summed E-state index contributed by atoms with van der Waals surface area (Å²) >= 11 is 0. The molecule has 2 nitrogen and oxygen atoms in total. The van der Waals surface area contributed by atoms with Gasteiger partial charge in [-0.25, -0.2) is 0 Å². The molecule has 0 spiro atoms. The zero-order valence-electron chi connectivity index (χ0n) is 15.6. The third kappa shape index (κ3) is 4.51. The van der Waals surface area contributed by atoms with E-state index in [1.54, 1.807) is 0 Å². The fraction of sp³-hybridized carbons (Fsp3) is 0.429. The molecule has 2 aromatic rings. The maximum Gasteiger partial charge on any atom is 0.0376 e. The van der Waals surface area contributed by atoms with E-state index in [2.05, 4.69) is 52.0 Å².